The minimum absolute atomic E-state index is 0.127. The van der Waals surface area contributed by atoms with Crippen LogP contribution in [-0.2, 0) is 12.0 Å². The van der Waals surface area contributed by atoms with Crippen LogP contribution in [0, 0.1) is 6.92 Å². The van der Waals surface area contributed by atoms with Crippen molar-refractivity contribution in [1.29, 1.82) is 0 Å². The standard InChI is InChI=1S/C14H21NO2/c1-10-8-12(14(2,3)4)7-6-11(10)9-15(5)13(16)17/h6-8H,9H2,1-5H3,(H,16,17). The van der Waals surface area contributed by atoms with E-state index in [-0.39, 0.29) is 5.41 Å². The van der Waals surface area contributed by atoms with Crippen molar-refractivity contribution in [2.45, 2.75) is 39.7 Å². The molecule has 1 aromatic rings. The first kappa shape index (κ1) is 13.6. The van der Waals surface area contributed by atoms with E-state index in [2.05, 4.69) is 32.9 Å². The van der Waals surface area contributed by atoms with Crippen LogP contribution in [0.2, 0.25) is 0 Å². The first-order valence-corrected chi connectivity index (χ1v) is 5.76. The molecular formula is C14H21NO2. The van der Waals surface area contributed by atoms with Crippen LogP contribution in [0.3, 0.4) is 0 Å². The third-order valence-corrected chi connectivity index (χ3v) is 2.94. The van der Waals surface area contributed by atoms with Crippen LogP contribution in [-0.4, -0.2) is 23.1 Å². The van der Waals surface area contributed by atoms with Gasteiger partial charge in [0.05, 0.1) is 0 Å². The van der Waals surface area contributed by atoms with Crippen molar-refractivity contribution < 1.29 is 9.90 Å². The van der Waals surface area contributed by atoms with Gasteiger partial charge in [-0.3, -0.25) is 0 Å². The van der Waals surface area contributed by atoms with Crippen molar-refractivity contribution in [3.05, 3.63) is 34.9 Å². The van der Waals surface area contributed by atoms with Crippen LogP contribution in [0.1, 0.15) is 37.5 Å². The number of nitrogens with zero attached hydrogens (tertiary/aromatic N) is 1. The SMILES string of the molecule is Cc1cc(C(C)(C)C)ccc1CN(C)C(=O)O. The van der Waals surface area contributed by atoms with Crippen LogP contribution < -0.4 is 0 Å². The fourth-order valence-corrected chi connectivity index (χ4v) is 1.66. The van der Waals surface area contributed by atoms with Crippen molar-refractivity contribution in [3.8, 4) is 0 Å². The Balaban J connectivity index is 2.95. The third-order valence-electron chi connectivity index (χ3n) is 2.94. The highest BCUT2D eigenvalue weighted by Gasteiger charge is 2.15. The molecule has 0 aliphatic heterocycles. The summed E-state index contributed by atoms with van der Waals surface area (Å²) in [5.41, 5.74) is 3.60. The maximum absolute atomic E-state index is 10.8. The molecule has 0 fully saturated rings. The fourth-order valence-electron chi connectivity index (χ4n) is 1.66. The number of rotatable bonds is 2. The minimum atomic E-state index is -0.899. The van der Waals surface area contributed by atoms with Gasteiger partial charge in [0.15, 0.2) is 0 Å². The Hall–Kier alpha value is -1.51. The van der Waals surface area contributed by atoms with E-state index in [1.54, 1.807) is 7.05 Å². The van der Waals surface area contributed by atoms with Gasteiger partial charge in [0.1, 0.15) is 0 Å². The van der Waals surface area contributed by atoms with Gasteiger partial charge in [0.2, 0.25) is 0 Å². The molecule has 17 heavy (non-hydrogen) atoms. The van der Waals surface area contributed by atoms with E-state index in [1.165, 1.54) is 10.5 Å². The molecule has 0 radical (unpaired) electrons. The summed E-state index contributed by atoms with van der Waals surface area (Å²) in [6, 6.07) is 6.25. The predicted molar refractivity (Wildman–Crippen MR) is 69.4 cm³/mol. The zero-order valence-electron chi connectivity index (χ0n) is 11.2. The lowest BCUT2D eigenvalue weighted by Gasteiger charge is -2.21. The Morgan fingerprint density at radius 3 is 2.35 bits per heavy atom. The van der Waals surface area contributed by atoms with Gasteiger partial charge in [0.25, 0.3) is 0 Å². The van der Waals surface area contributed by atoms with Gasteiger partial charge < -0.3 is 10.0 Å². The molecule has 3 heteroatoms. The fraction of sp³-hybridized carbons (Fsp3) is 0.500. The Kier molecular flexibility index (Phi) is 3.81. The van der Waals surface area contributed by atoms with Crippen LogP contribution in [0.5, 0.6) is 0 Å². The summed E-state index contributed by atoms with van der Waals surface area (Å²) < 4.78 is 0. The lowest BCUT2D eigenvalue weighted by molar-refractivity contribution is 0.153. The highest BCUT2D eigenvalue weighted by Crippen LogP contribution is 2.24. The van der Waals surface area contributed by atoms with E-state index in [9.17, 15) is 4.79 Å². The predicted octanol–water partition coefficient (Wildman–Crippen LogP) is 3.40. The Morgan fingerprint density at radius 1 is 1.35 bits per heavy atom. The van der Waals surface area contributed by atoms with E-state index < -0.39 is 6.09 Å². The number of hydrogen-bond acceptors (Lipinski definition) is 1. The summed E-state index contributed by atoms with van der Waals surface area (Å²) >= 11 is 0. The van der Waals surface area contributed by atoms with Gasteiger partial charge in [-0.25, -0.2) is 4.79 Å². The normalized spacial score (nSPS) is 11.4. The molecule has 0 aromatic heterocycles. The monoisotopic (exact) mass is 235 g/mol. The lowest BCUT2D eigenvalue weighted by Crippen LogP contribution is -2.24. The Bertz CT molecular complexity index is 419. The number of carboxylic acid groups (broad SMARTS) is 1. The van der Waals surface area contributed by atoms with Crippen LogP contribution >= 0.6 is 0 Å². The van der Waals surface area contributed by atoms with Gasteiger partial charge in [-0.05, 0) is 29.0 Å². The molecular weight excluding hydrogens is 214 g/mol. The Morgan fingerprint density at radius 2 is 1.94 bits per heavy atom. The zero-order chi connectivity index (χ0) is 13.2. The van der Waals surface area contributed by atoms with E-state index >= 15 is 0 Å². The number of amides is 1. The van der Waals surface area contributed by atoms with Gasteiger partial charge in [-0.1, -0.05) is 39.0 Å². The summed E-state index contributed by atoms with van der Waals surface area (Å²) in [6.07, 6.45) is -0.899. The second-order valence-corrected chi connectivity index (χ2v) is 5.53. The molecule has 1 aromatic carbocycles. The number of benzene rings is 1. The van der Waals surface area contributed by atoms with Crippen molar-refractivity contribution in [3.63, 3.8) is 0 Å². The van der Waals surface area contributed by atoms with Crippen LogP contribution in [0.15, 0.2) is 18.2 Å². The molecule has 0 aliphatic carbocycles. The molecule has 0 bridgehead atoms. The maximum atomic E-state index is 10.8. The van der Waals surface area contributed by atoms with Crippen molar-refractivity contribution in [1.82, 2.24) is 4.90 Å². The number of hydrogen-bond donors (Lipinski definition) is 1. The van der Waals surface area contributed by atoms with Gasteiger partial charge in [-0.2, -0.15) is 0 Å². The minimum Gasteiger partial charge on any atom is -0.465 e. The molecule has 0 heterocycles. The van der Waals surface area contributed by atoms with E-state index in [1.807, 2.05) is 13.0 Å². The molecule has 0 saturated heterocycles. The Labute approximate surface area is 103 Å². The van der Waals surface area contributed by atoms with Gasteiger partial charge in [-0.15, -0.1) is 0 Å². The van der Waals surface area contributed by atoms with Crippen molar-refractivity contribution >= 4 is 6.09 Å². The molecule has 1 rings (SSSR count). The highest BCUT2D eigenvalue weighted by molar-refractivity contribution is 5.64. The zero-order valence-corrected chi connectivity index (χ0v) is 11.2. The van der Waals surface area contributed by atoms with Crippen molar-refractivity contribution in [2.24, 2.45) is 0 Å². The quantitative estimate of drug-likeness (QED) is 0.853. The summed E-state index contributed by atoms with van der Waals surface area (Å²) in [6.45, 7) is 8.98. The average molecular weight is 235 g/mol. The molecule has 0 unspecified atom stereocenters. The van der Waals surface area contributed by atoms with Gasteiger partial charge >= 0.3 is 6.09 Å². The summed E-state index contributed by atoms with van der Waals surface area (Å²) in [4.78, 5) is 12.1. The second kappa shape index (κ2) is 4.78. The summed E-state index contributed by atoms with van der Waals surface area (Å²) in [5.74, 6) is 0. The van der Waals surface area contributed by atoms with E-state index in [0.29, 0.717) is 6.54 Å². The highest BCUT2D eigenvalue weighted by atomic mass is 16.4. The van der Waals surface area contributed by atoms with E-state index in [4.69, 9.17) is 5.11 Å². The second-order valence-electron chi connectivity index (χ2n) is 5.53. The maximum Gasteiger partial charge on any atom is 0.407 e. The first-order valence-electron chi connectivity index (χ1n) is 5.76. The first-order chi connectivity index (χ1) is 7.71. The molecule has 0 saturated carbocycles. The molecule has 1 amide bonds. The molecule has 0 aliphatic rings. The number of carbonyl (C=O) groups is 1. The molecule has 94 valence electrons. The number of aryl methyl sites for hydroxylation is 1. The lowest BCUT2D eigenvalue weighted by atomic mass is 9.85. The average Bonchev–Trinajstić information content (AvgIpc) is 2.19. The van der Waals surface area contributed by atoms with Crippen molar-refractivity contribution in [2.75, 3.05) is 7.05 Å². The molecule has 0 atom stereocenters. The van der Waals surface area contributed by atoms with Crippen LogP contribution in [0.25, 0.3) is 0 Å². The molecule has 0 spiro atoms. The third kappa shape index (κ3) is 3.48. The van der Waals surface area contributed by atoms with Crippen LogP contribution in [0.4, 0.5) is 4.79 Å². The van der Waals surface area contributed by atoms with Gasteiger partial charge in [0, 0.05) is 13.6 Å². The molecule has 1 N–H and O–H groups in total. The summed E-state index contributed by atoms with van der Waals surface area (Å²) in [7, 11) is 1.58. The smallest absolute Gasteiger partial charge is 0.407 e. The topological polar surface area (TPSA) is 40.5 Å². The van der Waals surface area contributed by atoms with E-state index in [0.717, 1.165) is 11.1 Å². The summed E-state index contributed by atoms with van der Waals surface area (Å²) in [5, 5.41) is 8.84. The largest absolute Gasteiger partial charge is 0.465 e. The molecule has 3 nitrogen and oxygen atoms in total.